The van der Waals surface area contributed by atoms with E-state index in [1.54, 1.807) is 0 Å². The molecule has 1 heterocycles. The number of ether oxygens (including phenoxy) is 1. The number of hydrogen-bond donors (Lipinski definition) is 1. The molecule has 49 heavy (non-hydrogen) atoms. The second-order valence-corrected chi connectivity index (χ2v) is 13.8. The third-order valence-corrected chi connectivity index (χ3v) is 9.79. The third kappa shape index (κ3) is 8.36. The summed E-state index contributed by atoms with van der Waals surface area (Å²) in [5.74, 6) is 1.44. The van der Waals surface area contributed by atoms with Crippen LogP contribution in [0.2, 0.25) is 10.0 Å². The van der Waals surface area contributed by atoms with Gasteiger partial charge in [-0.25, -0.2) is 0 Å². The highest BCUT2D eigenvalue weighted by atomic mass is 35.5. The number of nitrogens with zero attached hydrogens (tertiary/aromatic N) is 1. The lowest BCUT2D eigenvalue weighted by atomic mass is 9.92. The fourth-order valence-electron chi connectivity index (χ4n) is 6.05. The van der Waals surface area contributed by atoms with E-state index in [0.717, 1.165) is 62.3 Å². The van der Waals surface area contributed by atoms with Gasteiger partial charge in [-0.1, -0.05) is 129 Å². The van der Waals surface area contributed by atoms with Gasteiger partial charge in [-0.05, 0) is 94.4 Å². The molecule has 0 bridgehead atoms. The van der Waals surface area contributed by atoms with Crippen LogP contribution in [-0.4, -0.2) is 13.1 Å². The molecule has 0 atom stereocenters. The van der Waals surface area contributed by atoms with Crippen molar-refractivity contribution in [1.82, 2.24) is 0 Å². The fraction of sp³-hybridized carbons (Fsp3) is 0.182. The number of halogens is 2. The highest BCUT2D eigenvalue weighted by molar-refractivity contribution is 7.80. The largest absolute Gasteiger partial charge is 0.456 e. The van der Waals surface area contributed by atoms with Crippen molar-refractivity contribution in [2.24, 2.45) is 0 Å². The minimum absolute atomic E-state index is 0.577. The number of benzene rings is 5. The normalized spacial score (nSPS) is 12.3. The summed E-state index contributed by atoms with van der Waals surface area (Å²) in [6, 6.07) is 33.2. The van der Waals surface area contributed by atoms with Crippen LogP contribution in [0.3, 0.4) is 0 Å². The molecule has 5 aromatic carbocycles. The SMILES string of the molecule is C=c1cc2c(cc1Cl)=C(c1ccc(/C=C/c3ccc(/C=C/c4ccc(N(CCCC)CCCC)cc4)cc3)cc1S)c1cc(Cl)ccc1O2. The Balaban J connectivity index is 1.17. The van der Waals surface area contributed by atoms with Crippen LogP contribution in [-0.2, 0) is 0 Å². The number of rotatable bonds is 12. The Hall–Kier alpha value is -4.15. The van der Waals surface area contributed by atoms with E-state index in [0.29, 0.717) is 21.0 Å². The van der Waals surface area contributed by atoms with Crippen molar-refractivity contribution in [2.75, 3.05) is 18.0 Å². The first kappa shape index (κ1) is 34.7. The van der Waals surface area contributed by atoms with E-state index < -0.39 is 0 Å². The van der Waals surface area contributed by atoms with Crippen LogP contribution < -0.4 is 20.1 Å². The van der Waals surface area contributed by atoms with Gasteiger partial charge < -0.3 is 9.64 Å². The van der Waals surface area contributed by atoms with E-state index in [9.17, 15) is 0 Å². The number of thiol groups is 1. The minimum Gasteiger partial charge on any atom is -0.456 e. The zero-order chi connectivity index (χ0) is 34.3. The topological polar surface area (TPSA) is 12.5 Å². The Morgan fingerprint density at radius 2 is 1.22 bits per heavy atom. The van der Waals surface area contributed by atoms with Crippen molar-refractivity contribution in [2.45, 2.75) is 44.4 Å². The third-order valence-electron chi connectivity index (χ3n) is 8.83. The average Bonchev–Trinajstić information content (AvgIpc) is 3.11. The van der Waals surface area contributed by atoms with Gasteiger partial charge in [0.1, 0.15) is 11.5 Å². The first-order valence-corrected chi connectivity index (χ1v) is 18.2. The van der Waals surface area contributed by atoms with Crippen LogP contribution in [0.4, 0.5) is 5.69 Å². The molecule has 5 aromatic rings. The molecule has 0 spiro atoms. The van der Waals surface area contributed by atoms with Gasteiger partial charge in [0.15, 0.2) is 0 Å². The standard InChI is InChI=1S/C44H41Cl2NOS/c1-4-6-24-47(25-7-5-2)36-20-16-33(17-21-36)13-12-31-8-10-32(11-9-31)14-15-34-18-22-37(43(49)27-34)44-38-28-35(45)19-23-41(38)48-42-26-30(3)40(46)29-39(42)44/h8-23,26-29,49H,3-7,24-25H2,1-2H3/b13-12+,15-14+. The maximum absolute atomic E-state index is 6.53. The maximum atomic E-state index is 6.53. The van der Waals surface area contributed by atoms with Crippen molar-refractivity contribution in [3.63, 3.8) is 0 Å². The molecule has 0 radical (unpaired) electrons. The molecule has 0 unspecified atom stereocenters. The molecule has 0 amide bonds. The molecule has 0 saturated heterocycles. The molecule has 0 aromatic heterocycles. The van der Waals surface area contributed by atoms with Gasteiger partial charge in [-0.3, -0.25) is 0 Å². The molecule has 1 aliphatic rings. The molecule has 0 aliphatic carbocycles. The number of anilines is 1. The summed E-state index contributed by atoms with van der Waals surface area (Å²) < 4.78 is 6.23. The van der Waals surface area contributed by atoms with Crippen LogP contribution >= 0.6 is 35.8 Å². The highest BCUT2D eigenvalue weighted by Gasteiger charge is 2.22. The second kappa shape index (κ2) is 16.0. The first-order valence-electron chi connectivity index (χ1n) is 17.0. The van der Waals surface area contributed by atoms with E-state index in [-0.39, 0.29) is 0 Å². The van der Waals surface area contributed by atoms with Crippen LogP contribution in [0, 0.1) is 0 Å². The summed E-state index contributed by atoms with van der Waals surface area (Å²) in [4.78, 5) is 3.36. The summed E-state index contributed by atoms with van der Waals surface area (Å²) in [6.07, 6.45) is 13.5. The van der Waals surface area contributed by atoms with Crippen LogP contribution in [0.15, 0.2) is 102 Å². The van der Waals surface area contributed by atoms with E-state index >= 15 is 0 Å². The van der Waals surface area contributed by atoms with Crippen LogP contribution in [0.5, 0.6) is 11.5 Å². The second-order valence-electron chi connectivity index (χ2n) is 12.5. The lowest BCUT2D eigenvalue weighted by molar-refractivity contribution is 0.472. The van der Waals surface area contributed by atoms with Crippen molar-refractivity contribution in [3.05, 3.63) is 151 Å². The van der Waals surface area contributed by atoms with Gasteiger partial charge in [-0.2, -0.15) is 0 Å². The predicted octanol–water partition coefficient (Wildman–Crippen LogP) is 11.8. The van der Waals surface area contributed by atoms with E-state index in [2.05, 4.69) is 116 Å². The zero-order valence-electron chi connectivity index (χ0n) is 28.1. The summed E-state index contributed by atoms with van der Waals surface area (Å²) in [5, 5.41) is 2.80. The average molecular weight is 703 g/mol. The summed E-state index contributed by atoms with van der Waals surface area (Å²) >= 11 is 17.9. The van der Waals surface area contributed by atoms with E-state index in [4.69, 9.17) is 40.6 Å². The first-order chi connectivity index (χ1) is 23.8. The quantitative estimate of drug-likeness (QED) is 0.101. The van der Waals surface area contributed by atoms with Gasteiger partial charge in [0, 0.05) is 50.1 Å². The Bertz CT molecular complexity index is 2110. The minimum atomic E-state index is 0.577. The number of fused-ring (bicyclic) bond motifs is 2. The molecular weight excluding hydrogens is 661 g/mol. The van der Waals surface area contributed by atoms with E-state index in [1.807, 2.05) is 30.3 Å². The number of unbranched alkanes of at least 4 members (excludes halogenated alkanes) is 2. The Kier molecular flexibility index (Phi) is 11.4. The lowest BCUT2D eigenvalue weighted by Crippen LogP contribution is -2.25. The summed E-state index contributed by atoms with van der Waals surface area (Å²) in [5.41, 5.74) is 8.70. The predicted molar refractivity (Wildman–Crippen MR) is 216 cm³/mol. The van der Waals surface area contributed by atoms with Gasteiger partial charge in [0.25, 0.3) is 0 Å². The summed E-state index contributed by atoms with van der Waals surface area (Å²) in [6.45, 7) is 10.8. The van der Waals surface area contributed by atoms with Crippen molar-refractivity contribution in [3.8, 4) is 11.5 Å². The molecule has 0 fully saturated rings. The molecule has 1 aliphatic heterocycles. The molecule has 2 nitrogen and oxygen atoms in total. The van der Waals surface area contributed by atoms with Crippen molar-refractivity contribution >= 4 is 78.0 Å². The van der Waals surface area contributed by atoms with Gasteiger partial charge in [0.2, 0.25) is 0 Å². The molecule has 0 N–H and O–H groups in total. The fourth-order valence-corrected chi connectivity index (χ4v) is 6.72. The Morgan fingerprint density at radius 1 is 0.653 bits per heavy atom. The van der Waals surface area contributed by atoms with Crippen molar-refractivity contribution in [1.29, 1.82) is 0 Å². The highest BCUT2D eigenvalue weighted by Crippen LogP contribution is 2.39. The zero-order valence-corrected chi connectivity index (χ0v) is 30.5. The molecule has 5 heteroatoms. The molecular formula is C44H41Cl2NOS. The molecule has 248 valence electrons. The van der Waals surface area contributed by atoms with Crippen LogP contribution in [0.25, 0.3) is 36.5 Å². The van der Waals surface area contributed by atoms with E-state index in [1.165, 1.54) is 36.9 Å². The smallest absolute Gasteiger partial charge is 0.136 e. The summed E-state index contributed by atoms with van der Waals surface area (Å²) in [7, 11) is 0. The Morgan fingerprint density at radius 3 is 1.82 bits per heavy atom. The van der Waals surface area contributed by atoms with Gasteiger partial charge in [-0.15, -0.1) is 12.6 Å². The maximum Gasteiger partial charge on any atom is 0.136 e. The van der Waals surface area contributed by atoms with Crippen LogP contribution in [0.1, 0.15) is 72.9 Å². The lowest BCUT2D eigenvalue weighted by Gasteiger charge is -2.24. The van der Waals surface area contributed by atoms with Gasteiger partial charge >= 0.3 is 0 Å². The van der Waals surface area contributed by atoms with Gasteiger partial charge in [0.05, 0.1) is 0 Å². The Labute approximate surface area is 306 Å². The van der Waals surface area contributed by atoms with Crippen molar-refractivity contribution < 1.29 is 4.74 Å². The molecule has 0 saturated carbocycles. The number of hydrogen-bond acceptors (Lipinski definition) is 3. The molecule has 6 rings (SSSR count). The monoisotopic (exact) mass is 701 g/mol.